The lowest BCUT2D eigenvalue weighted by atomic mass is 9.75. The fourth-order valence-corrected chi connectivity index (χ4v) is 5.64. The average Bonchev–Trinajstić information content (AvgIpc) is 2.90. The molecule has 0 aromatic heterocycles. The molecule has 4 aromatic carbocycles. The molecule has 0 unspecified atom stereocenters. The largest absolute Gasteiger partial charge is 0.692 e. The van der Waals surface area contributed by atoms with Crippen molar-refractivity contribution in [2.45, 2.75) is 105 Å². The zero-order chi connectivity index (χ0) is 33.3. The molecule has 0 aliphatic rings. The van der Waals surface area contributed by atoms with E-state index in [4.69, 9.17) is 14.4 Å². The van der Waals surface area contributed by atoms with Crippen molar-refractivity contribution >= 4 is 8.25 Å². The first kappa shape index (κ1) is 35.4. The van der Waals surface area contributed by atoms with E-state index >= 15 is 0 Å². The van der Waals surface area contributed by atoms with Crippen LogP contribution < -0.4 is 0 Å². The van der Waals surface area contributed by atoms with E-state index in [1.807, 2.05) is 0 Å². The summed E-state index contributed by atoms with van der Waals surface area (Å²) in [4.78, 5) is 14.2. The van der Waals surface area contributed by atoms with Gasteiger partial charge in [0.25, 0.3) is 0 Å². The minimum Gasteiger partial charge on any atom is -0.134 e. The van der Waals surface area contributed by atoms with Crippen molar-refractivity contribution in [3.63, 3.8) is 0 Å². The van der Waals surface area contributed by atoms with Crippen molar-refractivity contribution in [3.05, 3.63) is 107 Å². The lowest BCUT2D eigenvalue weighted by Gasteiger charge is -2.29. The Kier molecular flexibility index (Phi) is 10.5. The maximum Gasteiger partial charge on any atom is 0.692 e. The van der Waals surface area contributed by atoms with Gasteiger partial charge < -0.3 is 0 Å². The second-order valence-electron chi connectivity index (χ2n) is 15.9. The Hall–Kier alpha value is -3.10. The Morgan fingerprint density at radius 1 is 0.409 bits per heavy atom. The summed E-state index contributed by atoms with van der Waals surface area (Å²) in [5, 5.41) is 0. The second kappa shape index (κ2) is 13.1. The molecule has 4 heteroatoms. The van der Waals surface area contributed by atoms with Gasteiger partial charge in [-0.1, -0.05) is 168 Å². The van der Waals surface area contributed by atoms with Gasteiger partial charge in [0.15, 0.2) is 0 Å². The quantitative estimate of drug-likeness (QED) is 0.227. The smallest absolute Gasteiger partial charge is 0.134 e. The lowest BCUT2D eigenvalue weighted by Crippen LogP contribution is -2.17. The molecule has 4 aromatic rings. The Bertz CT molecular complexity index is 1500. The van der Waals surface area contributed by atoms with Crippen LogP contribution in [0.3, 0.4) is 0 Å². The van der Waals surface area contributed by atoms with E-state index in [0.29, 0.717) is 0 Å². The summed E-state index contributed by atoms with van der Waals surface area (Å²) in [6.07, 6.45) is 0. The first-order chi connectivity index (χ1) is 20.1. The summed E-state index contributed by atoms with van der Waals surface area (Å²) < 4.78 is 8.70. The molecule has 234 valence electrons. The summed E-state index contributed by atoms with van der Waals surface area (Å²) in [7, 11) is -2.87. The molecule has 0 radical (unpaired) electrons. The molecule has 0 heterocycles. The minimum absolute atomic E-state index is 0.0193. The molecule has 0 aliphatic carbocycles. The van der Waals surface area contributed by atoms with E-state index in [1.54, 1.807) is 0 Å². The van der Waals surface area contributed by atoms with E-state index in [0.717, 1.165) is 0 Å². The van der Waals surface area contributed by atoms with Crippen molar-refractivity contribution in [2.75, 3.05) is 0 Å². The number of hydrogen-bond acceptors (Lipinski definition) is 1. The SMILES string of the molecule is CC(C)(C)c1ccc(-c2ccccc2-c2ccccc2-c2ccc(C(C)(C)C)cc2C(C)(C)C)c(C(C)(C)C)c1.O=[P+](O)O. The van der Waals surface area contributed by atoms with Crippen LogP contribution >= 0.6 is 8.25 Å². The summed E-state index contributed by atoms with van der Waals surface area (Å²) >= 11 is 0. The van der Waals surface area contributed by atoms with E-state index < -0.39 is 8.25 Å². The fraction of sp³-hybridized carbons (Fsp3) is 0.400. The molecule has 3 nitrogen and oxygen atoms in total. The summed E-state index contributed by atoms with van der Waals surface area (Å²) in [6.45, 7) is 27.8. The van der Waals surface area contributed by atoms with E-state index in [2.05, 4.69) is 168 Å². The number of benzene rings is 4. The highest BCUT2D eigenvalue weighted by molar-refractivity contribution is 7.30. The van der Waals surface area contributed by atoms with E-state index in [1.165, 1.54) is 55.6 Å². The summed E-state index contributed by atoms with van der Waals surface area (Å²) in [5.41, 5.74) is 13.6. The molecule has 44 heavy (non-hydrogen) atoms. The molecule has 2 N–H and O–H groups in total. The van der Waals surface area contributed by atoms with Crippen molar-refractivity contribution in [3.8, 4) is 33.4 Å². The van der Waals surface area contributed by atoms with Gasteiger partial charge in [-0.2, -0.15) is 0 Å². The molecule has 0 saturated heterocycles. The van der Waals surface area contributed by atoms with Crippen LogP contribution in [0.4, 0.5) is 0 Å². The Morgan fingerprint density at radius 3 is 0.886 bits per heavy atom. The second-order valence-corrected chi connectivity index (χ2v) is 16.4. The van der Waals surface area contributed by atoms with Crippen molar-refractivity contribution in [2.24, 2.45) is 0 Å². The lowest BCUT2D eigenvalue weighted by molar-refractivity contribution is 0.405. The fourth-order valence-electron chi connectivity index (χ4n) is 5.64. The van der Waals surface area contributed by atoms with Gasteiger partial charge in [0.2, 0.25) is 0 Å². The maximum absolute atomic E-state index is 8.70. The van der Waals surface area contributed by atoms with Crippen molar-refractivity contribution < 1.29 is 14.4 Å². The van der Waals surface area contributed by atoms with E-state index in [-0.39, 0.29) is 21.7 Å². The van der Waals surface area contributed by atoms with Crippen LogP contribution in [0, 0.1) is 0 Å². The molecule has 0 amide bonds. The standard InChI is InChI=1S/C40H50.HO3P/c1-37(2,3)27-21-23-33(35(25-27)39(7,8)9)31-19-15-13-17-29(31)30-18-14-16-20-32(30)34-24-22-28(38(4,5)6)26-36(34)40(10,11)12;1-4(2)3/h13-26H,1-12H3;(H-,1,2,3)/p+1. The van der Waals surface area contributed by atoms with Crippen LogP contribution in [0.2, 0.25) is 0 Å². The number of hydrogen-bond donors (Lipinski definition) is 2. The normalized spacial score (nSPS) is 12.4. The highest BCUT2D eigenvalue weighted by Crippen LogP contribution is 2.45. The monoisotopic (exact) mass is 611 g/mol. The van der Waals surface area contributed by atoms with Crippen LogP contribution in [0.15, 0.2) is 84.9 Å². The zero-order valence-electron chi connectivity index (χ0n) is 28.8. The third-order valence-corrected chi connectivity index (χ3v) is 8.11. The third kappa shape index (κ3) is 8.54. The molecular weight excluding hydrogens is 559 g/mol. The molecular formula is C40H52O3P+. The molecule has 0 atom stereocenters. The molecule has 0 bridgehead atoms. The van der Waals surface area contributed by atoms with Gasteiger partial charge in [-0.3, -0.25) is 0 Å². The van der Waals surface area contributed by atoms with Crippen LogP contribution in [-0.4, -0.2) is 9.79 Å². The minimum atomic E-state index is -2.87. The predicted octanol–water partition coefficient (Wildman–Crippen LogP) is 11.5. The molecule has 0 saturated carbocycles. The topological polar surface area (TPSA) is 57.5 Å². The maximum atomic E-state index is 8.70. The van der Waals surface area contributed by atoms with Gasteiger partial charge in [-0.15, -0.1) is 9.79 Å². The van der Waals surface area contributed by atoms with Gasteiger partial charge in [-0.25, -0.2) is 0 Å². The van der Waals surface area contributed by atoms with Crippen molar-refractivity contribution in [1.82, 2.24) is 0 Å². The molecule has 0 fully saturated rings. The van der Waals surface area contributed by atoms with Crippen LogP contribution in [0.5, 0.6) is 0 Å². The first-order valence-corrected chi connectivity index (χ1v) is 16.6. The van der Waals surface area contributed by atoms with Crippen LogP contribution in [0.1, 0.15) is 105 Å². The summed E-state index contributed by atoms with van der Waals surface area (Å²) in [5.74, 6) is 0. The van der Waals surface area contributed by atoms with Crippen LogP contribution in [-0.2, 0) is 26.2 Å². The average molecular weight is 612 g/mol. The Balaban J connectivity index is 0.00000124. The summed E-state index contributed by atoms with van der Waals surface area (Å²) in [6, 6.07) is 32.2. The van der Waals surface area contributed by atoms with E-state index in [9.17, 15) is 0 Å². The molecule has 0 spiro atoms. The van der Waals surface area contributed by atoms with Crippen molar-refractivity contribution in [1.29, 1.82) is 0 Å². The highest BCUT2D eigenvalue weighted by atomic mass is 31.1. The first-order valence-electron chi connectivity index (χ1n) is 15.5. The van der Waals surface area contributed by atoms with Gasteiger partial charge in [0.1, 0.15) is 0 Å². The number of rotatable bonds is 3. The van der Waals surface area contributed by atoms with Gasteiger partial charge >= 0.3 is 8.25 Å². The third-order valence-electron chi connectivity index (χ3n) is 8.11. The predicted molar refractivity (Wildman–Crippen MR) is 190 cm³/mol. The molecule has 4 rings (SSSR count). The van der Waals surface area contributed by atoms with Crippen LogP contribution in [0.25, 0.3) is 33.4 Å². The highest BCUT2D eigenvalue weighted by Gasteiger charge is 2.26. The van der Waals surface area contributed by atoms with Gasteiger partial charge in [-0.05, 0) is 77.3 Å². The van der Waals surface area contributed by atoms with Gasteiger partial charge in [0, 0.05) is 4.57 Å². The van der Waals surface area contributed by atoms with Gasteiger partial charge in [0.05, 0.1) is 0 Å². The Morgan fingerprint density at radius 2 is 0.659 bits per heavy atom. The molecule has 0 aliphatic heterocycles. The zero-order valence-corrected chi connectivity index (χ0v) is 29.7. The Labute approximate surface area is 267 Å².